The molecule has 0 radical (unpaired) electrons. The summed E-state index contributed by atoms with van der Waals surface area (Å²) >= 11 is 0. The van der Waals surface area contributed by atoms with Crippen LogP contribution in [-0.4, -0.2) is 54.6 Å². The smallest absolute Gasteiger partial charge is 0.255 e. The molecule has 4 N–H and O–H groups in total. The first-order valence-corrected chi connectivity index (χ1v) is 13.3. The number of pyridine rings is 1. The zero-order valence-corrected chi connectivity index (χ0v) is 21.6. The molecule has 1 aliphatic rings. The van der Waals surface area contributed by atoms with Gasteiger partial charge in [-0.25, -0.2) is 9.37 Å². The summed E-state index contributed by atoms with van der Waals surface area (Å²) in [5.41, 5.74) is 8.76. The Morgan fingerprint density at radius 3 is 2.84 bits per heavy atom. The second kappa shape index (κ2) is 13.7. The van der Waals surface area contributed by atoms with E-state index in [1.54, 1.807) is 24.3 Å². The predicted molar refractivity (Wildman–Crippen MR) is 148 cm³/mol. The molecule has 8 heteroatoms. The van der Waals surface area contributed by atoms with Crippen LogP contribution in [0.4, 0.5) is 10.2 Å². The molecule has 0 saturated carbocycles. The summed E-state index contributed by atoms with van der Waals surface area (Å²) in [6.07, 6.45) is 4.83. The van der Waals surface area contributed by atoms with Gasteiger partial charge in [0.2, 0.25) is 0 Å². The lowest BCUT2D eigenvalue weighted by atomic mass is 10.0. The average Bonchev–Trinajstić information content (AvgIpc) is 3.39. The van der Waals surface area contributed by atoms with Gasteiger partial charge in [0.15, 0.2) is 0 Å². The molecule has 2 aromatic carbocycles. The molecule has 4 rings (SSSR count). The molecule has 0 aliphatic carbocycles. The van der Waals surface area contributed by atoms with Gasteiger partial charge in [-0.3, -0.25) is 9.69 Å². The monoisotopic (exact) mass is 514 g/mol. The van der Waals surface area contributed by atoms with Crippen LogP contribution in [0.2, 0.25) is 0 Å². The van der Waals surface area contributed by atoms with E-state index in [0.29, 0.717) is 60.3 Å². The maximum atomic E-state index is 13.6. The van der Waals surface area contributed by atoms with Crippen molar-refractivity contribution in [1.82, 2.24) is 15.2 Å². The Morgan fingerprint density at radius 1 is 1.16 bits per heavy atom. The first-order valence-electron chi connectivity index (χ1n) is 13.3. The minimum Gasteiger partial charge on any atom is -0.369 e. The molecule has 1 amide bonds. The zero-order valence-electron chi connectivity index (χ0n) is 21.6. The fraction of sp³-hybridized carbons (Fsp3) is 0.367. The minimum absolute atomic E-state index is 0.195. The number of likely N-dealkylation sites (tertiary alicyclic amines) is 1. The van der Waals surface area contributed by atoms with Crippen LogP contribution in [0.15, 0.2) is 60.7 Å². The molecule has 38 heavy (non-hydrogen) atoms. The highest BCUT2D eigenvalue weighted by Crippen LogP contribution is 2.25. The maximum absolute atomic E-state index is 13.6. The second-order valence-electron chi connectivity index (χ2n) is 9.59. The molecule has 1 unspecified atom stereocenters. The first kappa shape index (κ1) is 27.2. The standard InChI is InChI=1S/C30H35FN6O/c31-24-9-5-7-22(19-24)14-16-34-29-27(12-13-28(36-29)26-11-2-1-8-23(26)20-33)30(38)35-21-25-10-6-18-37(25)17-4-3-15-32/h1-2,5,7-9,11-13,19,25H,3-4,6,10,14-18,21,32H2,(H,34,36)(H,35,38). The predicted octanol–water partition coefficient (Wildman–Crippen LogP) is 4.35. The number of nitrogens with zero attached hydrogens (tertiary/aromatic N) is 3. The van der Waals surface area contributed by atoms with Crippen molar-refractivity contribution in [3.8, 4) is 17.3 Å². The molecule has 1 aliphatic heterocycles. The van der Waals surface area contributed by atoms with E-state index in [1.807, 2.05) is 24.3 Å². The van der Waals surface area contributed by atoms with E-state index < -0.39 is 0 Å². The number of hydrogen-bond acceptors (Lipinski definition) is 6. The van der Waals surface area contributed by atoms with Gasteiger partial charge in [-0.15, -0.1) is 0 Å². The molecule has 0 bridgehead atoms. The second-order valence-corrected chi connectivity index (χ2v) is 9.59. The topological polar surface area (TPSA) is 107 Å². The molecule has 1 atom stereocenters. The summed E-state index contributed by atoms with van der Waals surface area (Å²) in [5.74, 6) is -0.0326. The normalized spacial score (nSPS) is 15.2. The van der Waals surface area contributed by atoms with Crippen LogP contribution in [-0.2, 0) is 6.42 Å². The molecule has 3 aromatic rings. The number of nitrogens with two attached hydrogens (primary N) is 1. The number of carbonyl (C=O) groups excluding carboxylic acids is 1. The van der Waals surface area contributed by atoms with E-state index in [2.05, 4.69) is 21.6 Å². The van der Waals surface area contributed by atoms with E-state index in [0.717, 1.165) is 44.3 Å². The molecular formula is C30H35FN6O. The highest BCUT2D eigenvalue weighted by Gasteiger charge is 2.25. The van der Waals surface area contributed by atoms with Crippen LogP contribution in [0.1, 0.15) is 47.2 Å². The number of unbranched alkanes of at least 4 members (excludes halogenated alkanes) is 1. The fourth-order valence-electron chi connectivity index (χ4n) is 4.93. The van der Waals surface area contributed by atoms with E-state index in [1.165, 1.54) is 12.1 Å². The number of hydrogen-bond donors (Lipinski definition) is 3. The number of anilines is 1. The SMILES string of the molecule is N#Cc1ccccc1-c1ccc(C(=O)NCC2CCCN2CCCCN)c(NCCc2cccc(F)c2)n1. The van der Waals surface area contributed by atoms with Crippen molar-refractivity contribution in [2.24, 2.45) is 5.73 Å². The number of carbonyl (C=O) groups is 1. The summed E-state index contributed by atoms with van der Waals surface area (Å²) in [4.78, 5) is 20.5. The lowest BCUT2D eigenvalue weighted by molar-refractivity contribution is 0.0941. The van der Waals surface area contributed by atoms with Gasteiger partial charge in [-0.1, -0.05) is 30.3 Å². The lowest BCUT2D eigenvalue weighted by Crippen LogP contribution is -2.40. The molecule has 1 saturated heterocycles. The third-order valence-corrected chi connectivity index (χ3v) is 6.96. The van der Waals surface area contributed by atoms with Crippen LogP contribution >= 0.6 is 0 Å². The Kier molecular flexibility index (Phi) is 9.79. The molecule has 2 heterocycles. The molecule has 198 valence electrons. The van der Waals surface area contributed by atoms with Crippen LogP contribution in [0.5, 0.6) is 0 Å². The quantitative estimate of drug-likeness (QED) is 0.310. The summed E-state index contributed by atoms with van der Waals surface area (Å²) in [6, 6.07) is 19.8. The van der Waals surface area contributed by atoms with Gasteiger partial charge in [0.1, 0.15) is 11.6 Å². The summed E-state index contributed by atoms with van der Waals surface area (Å²) < 4.78 is 13.6. The molecular weight excluding hydrogens is 479 g/mol. The first-order chi connectivity index (χ1) is 18.6. The van der Waals surface area contributed by atoms with Gasteiger partial charge in [0.25, 0.3) is 5.91 Å². The molecule has 1 fully saturated rings. The summed E-state index contributed by atoms with van der Waals surface area (Å²) in [7, 11) is 0. The summed E-state index contributed by atoms with van der Waals surface area (Å²) in [5, 5.41) is 15.9. The van der Waals surface area contributed by atoms with Crippen molar-refractivity contribution in [3.63, 3.8) is 0 Å². The molecule has 1 aromatic heterocycles. The lowest BCUT2D eigenvalue weighted by Gasteiger charge is -2.24. The largest absolute Gasteiger partial charge is 0.369 e. The van der Waals surface area contributed by atoms with Crippen LogP contribution in [0, 0.1) is 17.1 Å². The van der Waals surface area contributed by atoms with E-state index in [9.17, 15) is 14.4 Å². The highest BCUT2D eigenvalue weighted by atomic mass is 19.1. The number of aromatic nitrogens is 1. The van der Waals surface area contributed by atoms with Crippen molar-refractivity contribution in [2.45, 2.75) is 38.1 Å². The van der Waals surface area contributed by atoms with E-state index in [4.69, 9.17) is 10.7 Å². The van der Waals surface area contributed by atoms with Gasteiger partial charge in [0, 0.05) is 24.7 Å². The number of benzene rings is 2. The maximum Gasteiger partial charge on any atom is 0.255 e. The molecule has 7 nitrogen and oxygen atoms in total. The minimum atomic E-state index is -0.278. The van der Waals surface area contributed by atoms with E-state index >= 15 is 0 Å². The number of halogens is 1. The van der Waals surface area contributed by atoms with Crippen molar-refractivity contribution in [3.05, 3.63) is 83.2 Å². The van der Waals surface area contributed by atoms with Crippen molar-refractivity contribution in [2.75, 3.05) is 38.0 Å². The summed E-state index contributed by atoms with van der Waals surface area (Å²) in [6.45, 7) is 3.79. The third-order valence-electron chi connectivity index (χ3n) is 6.96. The number of nitrogens with one attached hydrogen (secondary N) is 2. The van der Waals surface area contributed by atoms with E-state index in [-0.39, 0.29) is 11.7 Å². The third kappa shape index (κ3) is 7.15. The van der Waals surface area contributed by atoms with Gasteiger partial charge in [-0.2, -0.15) is 5.26 Å². The Hall–Kier alpha value is -3.80. The van der Waals surface area contributed by atoms with Gasteiger partial charge < -0.3 is 16.4 Å². The Labute approximate surface area is 223 Å². The van der Waals surface area contributed by atoms with Crippen molar-refractivity contribution < 1.29 is 9.18 Å². The zero-order chi connectivity index (χ0) is 26.7. The number of nitriles is 1. The highest BCUT2D eigenvalue weighted by molar-refractivity contribution is 5.99. The number of rotatable bonds is 12. The van der Waals surface area contributed by atoms with Crippen molar-refractivity contribution in [1.29, 1.82) is 5.26 Å². The van der Waals surface area contributed by atoms with Crippen LogP contribution in [0.25, 0.3) is 11.3 Å². The Morgan fingerprint density at radius 2 is 2.03 bits per heavy atom. The molecule has 0 spiro atoms. The van der Waals surface area contributed by atoms with Gasteiger partial charge >= 0.3 is 0 Å². The van der Waals surface area contributed by atoms with Crippen LogP contribution in [0.3, 0.4) is 0 Å². The van der Waals surface area contributed by atoms with Gasteiger partial charge in [0.05, 0.1) is 22.9 Å². The van der Waals surface area contributed by atoms with Crippen molar-refractivity contribution >= 4 is 11.7 Å². The number of amides is 1. The average molecular weight is 515 g/mol. The fourth-order valence-corrected chi connectivity index (χ4v) is 4.93. The Bertz CT molecular complexity index is 1270. The Balaban J connectivity index is 1.50. The van der Waals surface area contributed by atoms with Crippen LogP contribution < -0.4 is 16.4 Å². The van der Waals surface area contributed by atoms with Gasteiger partial charge in [-0.05, 0) is 87.6 Å².